The van der Waals surface area contributed by atoms with Gasteiger partial charge in [-0.25, -0.2) is 9.50 Å². The fourth-order valence-electron chi connectivity index (χ4n) is 2.78. The zero-order chi connectivity index (χ0) is 15.1. The van der Waals surface area contributed by atoms with E-state index in [-0.39, 0.29) is 12.1 Å². The van der Waals surface area contributed by atoms with E-state index in [1.807, 2.05) is 0 Å². The number of rotatable bonds is 3. The predicted molar refractivity (Wildman–Crippen MR) is 69.9 cm³/mol. The number of nitrogens with zero attached hydrogens (tertiary/aromatic N) is 3. The first kappa shape index (κ1) is 14.1. The normalized spacial score (nSPS) is 18.3. The fraction of sp³-hybridized carbons (Fsp3) is 0.538. The van der Waals surface area contributed by atoms with Crippen LogP contribution in [-0.4, -0.2) is 31.9 Å². The van der Waals surface area contributed by atoms with Gasteiger partial charge >= 0.3 is 6.18 Å². The fourth-order valence-corrected chi connectivity index (χ4v) is 2.78. The molecule has 0 radical (unpaired) electrons. The molecule has 0 saturated heterocycles. The highest BCUT2D eigenvalue weighted by Gasteiger charge is 2.36. The van der Waals surface area contributed by atoms with E-state index in [1.165, 1.54) is 12.4 Å². The summed E-state index contributed by atoms with van der Waals surface area (Å²) >= 11 is 0. The molecule has 0 spiro atoms. The van der Waals surface area contributed by atoms with Gasteiger partial charge in [0.15, 0.2) is 11.5 Å². The first-order chi connectivity index (χ1) is 9.93. The molecule has 1 fully saturated rings. The van der Waals surface area contributed by atoms with Crippen LogP contribution >= 0.6 is 0 Å². The van der Waals surface area contributed by atoms with Crippen molar-refractivity contribution in [1.29, 1.82) is 0 Å². The number of anilines is 1. The summed E-state index contributed by atoms with van der Waals surface area (Å²) in [4.78, 5) is 4.11. The van der Waals surface area contributed by atoms with Crippen LogP contribution in [0.5, 0.6) is 0 Å². The second-order valence-electron chi connectivity index (χ2n) is 5.40. The first-order valence-electron chi connectivity index (χ1n) is 6.74. The van der Waals surface area contributed by atoms with Crippen LogP contribution < -0.4 is 5.32 Å². The monoisotopic (exact) mass is 300 g/mol. The van der Waals surface area contributed by atoms with Crippen LogP contribution in [0.4, 0.5) is 19.0 Å². The summed E-state index contributed by atoms with van der Waals surface area (Å²) in [7, 11) is 0. The number of hydrogen-bond acceptors (Lipinski definition) is 4. The summed E-state index contributed by atoms with van der Waals surface area (Å²) in [6.07, 6.45) is 1.76. The molecule has 1 saturated carbocycles. The molecule has 0 atom stereocenters. The third-order valence-corrected chi connectivity index (χ3v) is 3.93. The SMILES string of the molecule is OCC1(Nc2nccn3nc(C(F)(F)F)cc23)CCCC1. The lowest BCUT2D eigenvalue weighted by atomic mass is 9.99. The third-order valence-electron chi connectivity index (χ3n) is 3.93. The summed E-state index contributed by atoms with van der Waals surface area (Å²) in [6, 6.07) is 0.968. The van der Waals surface area contributed by atoms with Crippen molar-refractivity contribution in [2.45, 2.75) is 37.4 Å². The minimum absolute atomic E-state index is 0.0734. The summed E-state index contributed by atoms with van der Waals surface area (Å²) < 4.78 is 39.4. The predicted octanol–water partition coefficient (Wildman–Crippen LogP) is 2.47. The summed E-state index contributed by atoms with van der Waals surface area (Å²) in [5, 5.41) is 16.2. The average molecular weight is 300 g/mol. The second kappa shape index (κ2) is 4.87. The van der Waals surface area contributed by atoms with Crippen LogP contribution in [0, 0.1) is 0 Å². The van der Waals surface area contributed by atoms with Gasteiger partial charge in [-0.3, -0.25) is 0 Å². The first-order valence-corrected chi connectivity index (χ1v) is 6.74. The Hall–Kier alpha value is -1.83. The number of hydrogen-bond donors (Lipinski definition) is 2. The maximum absolute atomic E-state index is 12.7. The van der Waals surface area contributed by atoms with Gasteiger partial charge in [0.1, 0.15) is 5.52 Å². The van der Waals surface area contributed by atoms with Gasteiger partial charge in [-0.2, -0.15) is 18.3 Å². The van der Waals surface area contributed by atoms with Crippen molar-refractivity contribution in [3.8, 4) is 0 Å². The van der Waals surface area contributed by atoms with Gasteiger partial charge in [-0.15, -0.1) is 0 Å². The Labute approximate surface area is 118 Å². The molecule has 8 heteroatoms. The van der Waals surface area contributed by atoms with Crippen molar-refractivity contribution in [2.75, 3.05) is 11.9 Å². The zero-order valence-electron chi connectivity index (χ0n) is 11.2. The van der Waals surface area contributed by atoms with E-state index < -0.39 is 17.4 Å². The number of alkyl halides is 3. The van der Waals surface area contributed by atoms with Crippen molar-refractivity contribution in [1.82, 2.24) is 14.6 Å². The van der Waals surface area contributed by atoms with E-state index in [4.69, 9.17) is 0 Å². The molecule has 21 heavy (non-hydrogen) atoms. The van der Waals surface area contributed by atoms with Crippen LogP contribution in [0.25, 0.3) is 5.52 Å². The van der Waals surface area contributed by atoms with Gasteiger partial charge in [0.25, 0.3) is 0 Å². The highest BCUT2D eigenvalue weighted by molar-refractivity contribution is 5.68. The Morgan fingerprint density at radius 1 is 1.33 bits per heavy atom. The zero-order valence-corrected chi connectivity index (χ0v) is 11.2. The topological polar surface area (TPSA) is 62.5 Å². The van der Waals surface area contributed by atoms with Gasteiger partial charge in [0.2, 0.25) is 0 Å². The molecule has 1 aliphatic rings. The van der Waals surface area contributed by atoms with Gasteiger partial charge in [0.05, 0.1) is 12.1 Å². The minimum Gasteiger partial charge on any atom is -0.394 e. The smallest absolute Gasteiger partial charge is 0.394 e. The number of aromatic nitrogens is 3. The number of aliphatic hydroxyl groups excluding tert-OH is 1. The average Bonchev–Trinajstić information content (AvgIpc) is 3.05. The Kier molecular flexibility index (Phi) is 3.27. The lowest BCUT2D eigenvalue weighted by Gasteiger charge is -2.28. The highest BCUT2D eigenvalue weighted by atomic mass is 19.4. The van der Waals surface area contributed by atoms with Crippen molar-refractivity contribution in [2.24, 2.45) is 0 Å². The molecule has 0 bridgehead atoms. The van der Waals surface area contributed by atoms with Crippen LogP contribution in [0.3, 0.4) is 0 Å². The summed E-state index contributed by atoms with van der Waals surface area (Å²) in [5.41, 5.74) is -1.20. The second-order valence-corrected chi connectivity index (χ2v) is 5.40. The quantitative estimate of drug-likeness (QED) is 0.914. The van der Waals surface area contributed by atoms with E-state index in [9.17, 15) is 18.3 Å². The molecule has 2 N–H and O–H groups in total. The van der Waals surface area contributed by atoms with E-state index in [1.54, 1.807) is 0 Å². The molecule has 3 rings (SSSR count). The van der Waals surface area contributed by atoms with E-state index in [0.29, 0.717) is 5.82 Å². The Bertz CT molecular complexity index is 646. The van der Waals surface area contributed by atoms with Crippen molar-refractivity contribution in [3.05, 3.63) is 24.2 Å². The van der Waals surface area contributed by atoms with E-state index in [0.717, 1.165) is 36.3 Å². The van der Waals surface area contributed by atoms with Gasteiger partial charge < -0.3 is 10.4 Å². The molecule has 5 nitrogen and oxygen atoms in total. The molecule has 0 amide bonds. The molecule has 0 aliphatic heterocycles. The lowest BCUT2D eigenvalue weighted by molar-refractivity contribution is -0.141. The number of aliphatic hydroxyl groups is 1. The molecule has 2 aromatic heterocycles. The van der Waals surface area contributed by atoms with Gasteiger partial charge in [-0.1, -0.05) is 12.8 Å². The standard InChI is InChI=1S/C13H15F3N4O/c14-13(15,16)10-7-9-11(17-5-6-20(9)19-10)18-12(8-21)3-1-2-4-12/h5-7,21H,1-4,8H2,(H,17,18). The molecule has 1 aliphatic carbocycles. The molecular formula is C13H15F3N4O. The van der Waals surface area contributed by atoms with E-state index in [2.05, 4.69) is 15.4 Å². The molecule has 0 unspecified atom stereocenters. The Morgan fingerprint density at radius 2 is 2.05 bits per heavy atom. The van der Waals surface area contributed by atoms with Crippen LogP contribution in [-0.2, 0) is 6.18 Å². The Balaban J connectivity index is 2.00. The lowest BCUT2D eigenvalue weighted by Crippen LogP contribution is -2.39. The van der Waals surface area contributed by atoms with Gasteiger partial charge in [-0.05, 0) is 12.8 Å². The minimum atomic E-state index is -4.49. The molecule has 2 heterocycles. The number of fused-ring (bicyclic) bond motifs is 1. The van der Waals surface area contributed by atoms with Crippen LogP contribution in [0.15, 0.2) is 18.5 Å². The van der Waals surface area contributed by atoms with Gasteiger partial charge in [0, 0.05) is 18.5 Å². The van der Waals surface area contributed by atoms with E-state index >= 15 is 0 Å². The van der Waals surface area contributed by atoms with Crippen LogP contribution in [0.2, 0.25) is 0 Å². The van der Waals surface area contributed by atoms with Crippen molar-refractivity contribution < 1.29 is 18.3 Å². The molecule has 114 valence electrons. The maximum atomic E-state index is 12.7. The molecular weight excluding hydrogens is 285 g/mol. The number of halogens is 3. The van der Waals surface area contributed by atoms with Crippen molar-refractivity contribution >= 4 is 11.3 Å². The summed E-state index contributed by atoms with van der Waals surface area (Å²) in [6.45, 7) is -0.0734. The molecule has 0 aromatic carbocycles. The highest BCUT2D eigenvalue weighted by Crippen LogP contribution is 2.34. The molecule has 2 aromatic rings. The Morgan fingerprint density at radius 3 is 2.67 bits per heavy atom. The third kappa shape index (κ3) is 2.55. The summed E-state index contributed by atoms with van der Waals surface area (Å²) in [5.74, 6) is 0.316. The largest absolute Gasteiger partial charge is 0.435 e. The number of nitrogens with one attached hydrogen (secondary N) is 1. The maximum Gasteiger partial charge on any atom is 0.435 e. The van der Waals surface area contributed by atoms with Crippen LogP contribution in [0.1, 0.15) is 31.4 Å². The van der Waals surface area contributed by atoms with Crippen molar-refractivity contribution in [3.63, 3.8) is 0 Å².